The topological polar surface area (TPSA) is 71.8 Å². The molecule has 0 saturated carbocycles. The fourth-order valence-corrected chi connectivity index (χ4v) is 3.85. The number of piperazine rings is 1. The molecule has 2 fully saturated rings. The summed E-state index contributed by atoms with van der Waals surface area (Å²) in [6.45, 7) is 5.70. The second-order valence-electron chi connectivity index (χ2n) is 7.15. The quantitative estimate of drug-likeness (QED) is 0.871. The molecule has 0 spiro atoms. The summed E-state index contributed by atoms with van der Waals surface area (Å²) >= 11 is 0. The largest absolute Gasteiger partial charge is 0.378 e. The maximum absolute atomic E-state index is 12.9. The Morgan fingerprint density at radius 3 is 2.21 bits per heavy atom. The van der Waals surface area contributed by atoms with Gasteiger partial charge in [-0.05, 0) is 24.3 Å². The van der Waals surface area contributed by atoms with Gasteiger partial charge in [0, 0.05) is 39.3 Å². The van der Waals surface area contributed by atoms with Gasteiger partial charge in [0.25, 0.3) is 0 Å². The van der Waals surface area contributed by atoms with E-state index < -0.39 is 0 Å². The smallest absolute Gasteiger partial charge is 0.322 e. The highest BCUT2D eigenvalue weighted by atomic mass is 16.5. The van der Waals surface area contributed by atoms with E-state index >= 15 is 0 Å². The Kier molecular flexibility index (Phi) is 5.82. The van der Waals surface area contributed by atoms with Gasteiger partial charge in [-0.1, -0.05) is 24.3 Å². The highest BCUT2D eigenvalue weighted by Crippen LogP contribution is 2.27. The average Bonchev–Trinajstić information content (AvgIpc) is 2.80. The number of amides is 2. The molecule has 2 aliphatic rings. The maximum Gasteiger partial charge on any atom is 0.322 e. The average molecular weight is 391 g/mol. The van der Waals surface area contributed by atoms with E-state index in [0.29, 0.717) is 45.0 Å². The Labute approximate surface area is 171 Å². The Bertz CT molecular complexity index is 896. The molecule has 0 aliphatic carbocycles. The fourth-order valence-electron chi connectivity index (χ4n) is 3.85. The van der Waals surface area contributed by atoms with E-state index in [-0.39, 0.29) is 6.03 Å². The number of benzene rings is 2. The summed E-state index contributed by atoms with van der Waals surface area (Å²) in [5, 5.41) is 12.4. The van der Waals surface area contributed by atoms with Crippen LogP contribution in [-0.4, -0.2) is 63.4 Å². The first-order valence-electron chi connectivity index (χ1n) is 9.98. The van der Waals surface area contributed by atoms with Crippen molar-refractivity contribution in [2.24, 2.45) is 0 Å². The molecule has 0 unspecified atom stereocenters. The Hall–Kier alpha value is -3.24. The molecule has 0 atom stereocenters. The van der Waals surface area contributed by atoms with Crippen LogP contribution in [0.1, 0.15) is 5.56 Å². The molecule has 2 heterocycles. The van der Waals surface area contributed by atoms with Crippen molar-refractivity contribution < 1.29 is 9.53 Å². The number of anilines is 3. The van der Waals surface area contributed by atoms with Crippen LogP contribution in [0.25, 0.3) is 0 Å². The second kappa shape index (κ2) is 8.84. The second-order valence-corrected chi connectivity index (χ2v) is 7.15. The van der Waals surface area contributed by atoms with Crippen LogP contribution < -0.4 is 15.1 Å². The minimum Gasteiger partial charge on any atom is -0.378 e. The van der Waals surface area contributed by atoms with Crippen molar-refractivity contribution in [2.75, 3.05) is 67.6 Å². The summed E-state index contributed by atoms with van der Waals surface area (Å²) in [6.07, 6.45) is 0. The number of rotatable bonds is 3. The molecule has 1 N–H and O–H groups in total. The highest BCUT2D eigenvalue weighted by Gasteiger charge is 2.24. The van der Waals surface area contributed by atoms with Crippen molar-refractivity contribution in [3.05, 3.63) is 54.1 Å². The fraction of sp³-hybridized carbons (Fsp3) is 0.364. The summed E-state index contributed by atoms with van der Waals surface area (Å²) in [5.41, 5.74) is 3.47. The van der Waals surface area contributed by atoms with Crippen LogP contribution in [0.3, 0.4) is 0 Å². The van der Waals surface area contributed by atoms with E-state index in [9.17, 15) is 10.1 Å². The zero-order valence-corrected chi connectivity index (χ0v) is 16.4. The SMILES string of the molecule is N#Cc1ccccc1N1CCN(C(=O)Nc2ccccc2N2CCOCC2)CC1. The van der Waals surface area contributed by atoms with Gasteiger partial charge in [0.15, 0.2) is 0 Å². The van der Waals surface area contributed by atoms with Crippen molar-refractivity contribution in [1.29, 1.82) is 5.26 Å². The molecule has 29 heavy (non-hydrogen) atoms. The Balaban J connectivity index is 1.39. The van der Waals surface area contributed by atoms with Crippen molar-refractivity contribution >= 4 is 23.1 Å². The molecule has 7 heteroatoms. The van der Waals surface area contributed by atoms with Crippen LogP contribution in [0.4, 0.5) is 21.9 Å². The van der Waals surface area contributed by atoms with Gasteiger partial charge in [0.1, 0.15) is 6.07 Å². The van der Waals surface area contributed by atoms with Crippen LogP contribution in [0, 0.1) is 11.3 Å². The molecule has 0 aromatic heterocycles. The summed E-state index contributed by atoms with van der Waals surface area (Å²) in [6, 6.07) is 17.7. The van der Waals surface area contributed by atoms with E-state index in [1.165, 1.54) is 0 Å². The summed E-state index contributed by atoms with van der Waals surface area (Å²) in [7, 11) is 0. The lowest BCUT2D eigenvalue weighted by Crippen LogP contribution is -2.50. The Morgan fingerprint density at radius 1 is 0.862 bits per heavy atom. The summed E-state index contributed by atoms with van der Waals surface area (Å²) in [4.78, 5) is 19.1. The number of hydrogen-bond acceptors (Lipinski definition) is 5. The lowest BCUT2D eigenvalue weighted by Gasteiger charge is -2.37. The standard InChI is InChI=1S/C22H25N5O2/c23-17-18-5-1-3-7-20(18)25-9-11-27(12-10-25)22(28)24-19-6-2-4-8-21(19)26-13-15-29-16-14-26/h1-8H,9-16H2,(H,24,28). The van der Waals surface area contributed by atoms with Gasteiger partial charge in [0.05, 0.1) is 35.8 Å². The number of carbonyl (C=O) groups excluding carboxylic acids is 1. The van der Waals surface area contributed by atoms with Crippen molar-refractivity contribution in [3.63, 3.8) is 0 Å². The number of nitrogens with one attached hydrogen (secondary N) is 1. The van der Waals surface area contributed by atoms with Crippen molar-refractivity contribution in [3.8, 4) is 6.07 Å². The van der Waals surface area contributed by atoms with Crippen LogP contribution in [0.5, 0.6) is 0 Å². The third-order valence-electron chi connectivity index (χ3n) is 5.43. The molecular weight excluding hydrogens is 366 g/mol. The number of hydrogen-bond donors (Lipinski definition) is 1. The van der Waals surface area contributed by atoms with Gasteiger partial charge in [-0.15, -0.1) is 0 Å². The summed E-state index contributed by atoms with van der Waals surface area (Å²) < 4.78 is 5.44. The molecule has 150 valence electrons. The maximum atomic E-state index is 12.9. The predicted molar refractivity (Wildman–Crippen MR) is 113 cm³/mol. The first-order valence-corrected chi connectivity index (χ1v) is 9.98. The van der Waals surface area contributed by atoms with Crippen LogP contribution in [-0.2, 0) is 4.74 Å². The molecule has 2 saturated heterocycles. The molecule has 2 aromatic carbocycles. The predicted octanol–water partition coefficient (Wildman–Crippen LogP) is 2.75. The third kappa shape index (κ3) is 4.28. The number of urea groups is 1. The number of nitriles is 1. The zero-order valence-electron chi connectivity index (χ0n) is 16.4. The monoisotopic (exact) mass is 391 g/mol. The normalized spacial score (nSPS) is 17.0. The van der Waals surface area contributed by atoms with Crippen molar-refractivity contribution in [2.45, 2.75) is 0 Å². The molecule has 0 radical (unpaired) electrons. The van der Waals surface area contributed by atoms with Gasteiger partial charge in [-0.25, -0.2) is 4.79 Å². The molecule has 7 nitrogen and oxygen atoms in total. The molecular formula is C22H25N5O2. The Morgan fingerprint density at radius 2 is 1.48 bits per heavy atom. The lowest BCUT2D eigenvalue weighted by molar-refractivity contribution is 0.123. The van der Waals surface area contributed by atoms with Gasteiger partial charge in [-0.3, -0.25) is 0 Å². The first kappa shape index (κ1) is 19.1. The third-order valence-corrected chi connectivity index (χ3v) is 5.43. The lowest BCUT2D eigenvalue weighted by atomic mass is 10.1. The molecule has 2 aliphatic heterocycles. The molecule has 2 aromatic rings. The molecule has 4 rings (SSSR count). The number of morpholine rings is 1. The highest BCUT2D eigenvalue weighted by molar-refractivity contribution is 5.93. The molecule has 2 amide bonds. The minimum atomic E-state index is -0.0843. The number of carbonyl (C=O) groups is 1. The van der Waals surface area contributed by atoms with E-state index in [1.807, 2.05) is 53.4 Å². The zero-order chi connectivity index (χ0) is 20.1. The van der Waals surface area contributed by atoms with Crippen molar-refractivity contribution in [1.82, 2.24) is 4.90 Å². The number of nitrogens with zero attached hydrogens (tertiary/aromatic N) is 4. The minimum absolute atomic E-state index is 0.0843. The van der Waals surface area contributed by atoms with Crippen LogP contribution in [0.2, 0.25) is 0 Å². The van der Waals surface area contributed by atoms with E-state index in [1.54, 1.807) is 0 Å². The van der Waals surface area contributed by atoms with Crippen LogP contribution >= 0.6 is 0 Å². The number of para-hydroxylation sites is 3. The summed E-state index contributed by atoms with van der Waals surface area (Å²) in [5.74, 6) is 0. The van der Waals surface area contributed by atoms with E-state index in [4.69, 9.17) is 4.74 Å². The number of ether oxygens (including phenoxy) is 1. The van der Waals surface area contributed by atoms with E-state index in [0.717, 1.165) is 30.2 Å². The van der Waals surface area contributed by atoms with Gasteiger partial charge in [0.2, 0.25) is 0 Å². The first-order chi connectivity index (χ1) is 14.3. The van der Waals surface area contributed by atoms with Gasteiger partial charge >= 0.3 is 6.03 Å². The van der Waals surface area contributed by atoms with Gasteiger partial charge in [-0.2, -0.15) is 5.26 Å². The van der Waals surface area contributed by atoms with Gasteiger partial charge < -0.3 is 24.8 Å². The molecule has 0 bridgehead atoms. The van der Waals surface area contributed by atoms with Crippen LogP contribution in [0.15, 0.2) is 48.5 Å². The van der Waals surface area contributed by atoms with E-state index in [2.05, 4.69) is 21.2 Å².